The molecule has 0 saturated heterocycles. The number of nitrogens with one attached hydrogen (secondary N) is 1. The van der Waals surface area contributed by atoms with Gasteiger partial charge in [-0.15, -0.1) is 0 Å². The van der Waals surface area contributed by atoms with Crippen molar-refractivity contribution in [3.63, 3.8) is 0 Å². The first-order chi connectivity index (χ1) is 8.29. The number of benzene rings is 1. The van der Waals surface area contributed by atoms with E-state index in [9.17, 15) is 0 Å². The summed E-state index contributed by atoms with van der Waals surface area (Å²) in [6, 6.07) is 9.04. The molecule has 1 aromatic carbocycles. The van der Waals surface area contributed by atoms with Crippen molar-refractivity contribution < 1.29 is 4.74 Å². The quantitative estimate of drug-likeness (QED) is 0.731. The second-order valence-electron chi connectivity index (χ2n) is 4.93. The van der Waals surface area contributed by atoms with Crippen molar-refractivity contribution in [1.82, 2.24) is 5.32 Å². The minimum absolute atomic E-state index is 0.654. The Hall–Kier alpha value is -1.02. The SMILES string of the molecule is CCc1ccc(OCCNC(C)C2CC2)cc1. The van der Waals surface area contributed by atoms with Gasteiger partial charge in [-0.3, -0.25) is 0 Å². The molecule has 0 radical (unpaired) electrons. The van der Waals surface area contributed by atoms with Crippen LogP contribution in [0.4, 0.5) is 0 Å². The highest BCUT2D eigenvalue weighted by Crippen LogP contribution is 2.32. The van der Waals surface area contributed by atoms with E-state index >= 15 is 0 Å². The molecule has 0 bridgehead atoms. The minimum atomic E-state index is 0.654. The molecule has 1 aliphatic carbocycles. The number of aryl methyl sites for hydroxylation is 1. The van der Waals surface area contributed by atoms with Crippen molar-refractivity contribution in [1.29, 1.82) is 0 Å². The van der Waals surface area contributed by atoms with E-state index in [1.54, 1.807) is 0 Å². The van der Waals surface area contributed by atoms with Crippen LogP contribution < -0.4 is 10.1 Å². The molecule has 0 aromatic heterocycles. The van der Waals surface area contributed by atoms with Gasteiger partial charge in [0.05, 0.1) is 0 Å². The van der Waals surface area contributed by atoms with E-state index in [1.165, 1.54) is 18.4 Å². The average molecular weight is 233 g/mol. The number of hydrogen-bond acceptors (Lipinski definition) is 2. The topological polar surface area (TPSA) is 21.3 Å². The second-order valence-corrected chi connectivity index (χ2v) is 4.93. The van der Waals surface area contributed by atoms with Crippen LogP contribution in [0.1, 0.15) is 32.3 Å². The number of rotatable bonds is 7. The molecule has 2 rings (SSSR count). The van der Waals surface area contributed by atoms with E-state index in [-0.39, 0.29) is 0 Å². The Bertz CT molecular complexity index is 329. The lowest BCUT2D eigenvalue weighted by Gasteiger charge is -2.13. The van der Waals surface area contributed by atoms with Crippen LogP contribution in [0.5, 0.6) is 5.75 Å². The van der Waals surface area contributed by atoms with Gasteiger partial charge < -0.3 is 10.1 Å². The van der Waals surface area contributed by atoms with Crippen molar-refractivity contribution in [2.24, 2.45) is 5.92 Å². The molecule has 1 saturated carbocycles. The Morgan fingerprint density at radius 3 is 2.59 bits per heavy atom. The van der Waals surface area contributed by atoms with Gasteiger partial charge in [0.25, 0.3) is 0 Å². The standard InChI is InChI=1S/C15H23NO/c1-3-13-4-8-15(9-5-13)17-11-10-16-12(2)14-6-7-14/h4-5,8-9,12,14,16H,3,6-7,10-11H2,1-2H3. The number of hydrogen-bond donors (Lipinski definition) is 1. The highest BCUT2D eigenvalue weighted by atomic mass is 16.5. The van der Waals surface area contributed by atoms with Crippen molar-refractivity contribution in [2.75, 3.05) is 13.2 Å². The van der Waals surface area contributed by atoms with Gasteiger partial charge in [0, 0.05) is 12.6 Å². The molecule has 94 valence electrons. The molecule has 0 amide bonds. The van der Waals surface area contributed by atoms with Crippen LogP contribution in [0.15, 0.2) is 24.3 Å². The lowest BCUT2D eigenvalue weighted by molar-refractivity contribution is 0.303. The van der Waals surface area contributed by atoms with Gasteiger partial charge in [0.2, 0.25) is 0 Å². The molecule has 1 aliphatic rings. The van der Waals surface area contributed by atoms with Gasteiger partial charge >= 0.3 is 0 Å². The summed E-state index contributed by atoms with van der Waals surface area (Å²) in [6.07, 6.45) is 3.88. The van der Waals surface area contributed by atoms with Crippen molar-refractivity contribution >= 4 is 0 Å². The fourth-order valence-corrected chi connectivity index (χ4v) is 2.04. The summed E-state index contributed by atoms with van der Waals surface area (Å²) in [5.74, 6) is 1.89. The maximum absolute atomic E-state index is 5.69. The first kappa shape index (κ1) is 12.4. The predicted molar refractivity (Wildman–Crippen MR) is 71.5 cm³/mol. The Kier molecular flexibility index (Phi) is 4.43. The highest BCUT2D eigenvalue weighted by molar-refractivity contribution is 5.27. The minimum Gasteiger partial charge on any atom is -0.492 e. The molecule has 1 aromatic rings. The lowest BCUT2D eigenvalue weighted by atomic mass is 10.2. The van der Waals surface area contributed by atoms with E-state index in [0.717, 1.165) is 31.2 Å². The molecule has 2 heteroatoms. The van der Waals surface area contributed by atoms with Crippen molar-refractivity contribution in [3.05, 3.63) is 29.8 Å². The highest BCUT2D eigenvalue weighted by Gasteiger charge is 2.27. The van der Waals surface area contributed by atoms with Gasteiger partial charge in [-0.1, -0.05) is 19.1 Å². The maximum atomic E-state index is 5.69. The second kappa shape index (κ2) is 6.06. The lowest BCUT2D eigenvalue weighted by Crippen LogP contribution is -2.31. The van der Waals surface area contributed by atoms with Gasteiger partial charge in [-0.2, -0.15) is 0 Å². The Morgan fingerprint density at radius 2 is 2.00 bits per heavy atom. The first-order valence-electron chi connectivity index (χ1n) is 6.74. The molecule has 0 aliphatic heterocycles. The molecular formula is C15H23NO. The maximum Gasteiger partial charge on any atom is 0.119 e. The number of ether oxygens (including phenoxy) is 1. The predicted octanol–water partition coefficient (Wildman–Crippen LogP) is 3.02. The van der Waals surface area contributed by atoms with E-state index in [1.807, 2.05) is 0 Å². The van der Waals surface area contributed by atoms with Crippen LogP contribution in [-0.4, -0.2) is 19.2 Å². The Balaban J connectivity index is 1.63. The van der Waals surface area contributed by atoms with Gasteiger partial charge in [-0.25, -0.2) is 0 Å². The summed E-state index contributed by atoms with van der Waals surface area (Å²) in [7, 11) is 0. The van der Waals surface area contributed by atoms with E-state index in [4.69, 9.17) is 4.74 Å². The fraction of sp³-hybridized carbons (Fsp3) is 0.600. The average Bonchev–Trinajstić information content (AvgIpc) is 3.19. The molecular weight excluding hydrogens is 210 g/mol. The summed E-state index contributed by atoms with van der Waals surface area (Å²) in [4.78, 5) is 0. The fourth-order valence-electron chi connectivity index (χ4n) is 2.04. The largest absolute Gasteiger partial charge is 0.492 e. The van der Waals surface area contributed by atoms with Crippen molar-refractivity contribution in [3.8, 4) is 5.75 Å². The normalized spacial score (nSPS) is 16.8. The molecule has 2 nitrogen and oxygen atoms in total. The molecule has 1 fully saturated rings. The zero-order valence-electron chi connectivity index (χ0n) is 10.9. The van der Waals surface area contributed by atoms with E-state index in [2.05, 4.69) is 43.4 Å². The molecule has 1 unspecified atom stereocenters. The smallest absolute Gasteiger partial charge is 0.119 e. The molecule has 0 heterocycles. The Labute approximate surface area is 104 Å². The third-order valence-corrected chi connectivity index (χ3v) is 3.50. The summed E-state index contributed by atoms with van der Waals surface area (Å²) >= 11 is 0. The van der Waals surface area contributed by atoms with Crippen LogP contribution >= 0.6 is 0 Å². The molecule has 0 spiro atoms. The Morgan fingerprint density at radius 1 is 1.29 bits per heavy atom. The van der Waals surface area contributed by atoms with E-state index < -0.39 is 0 Å². The zero-order chi connectivity index (χ0) is 12.1. The summed E-state index contributed by atoms with van der Waals surface area (Å²) < 4.78 is 5.69. The molecule has 17 heavy (non-hydrogen) atoms. The van der Waals surface area contributed by atoms with Crippen molar-refractivity contribution in [2.45, 2.75) is 39.2 Å². The van der Waals surface area contributed by atoms with Crippen LogP contribution in [0.2, 0.25) is 0 Å². The third kappa shape index (κ3) is 4.04. The van der Waals surface area contributed by atoms with Gasteiger partial charge in [-0.05, 0) is 49.8 Å². The molecule has 1 atom stereocenters. The monoisotopic (exact) mass is 233 g/mol. The summed E-state index contributed by atoms with van der Waals surface area (Å²) in [5, 5.41) is 3.51. The summed E-state index contributed by atoms with van der Waals surface area (Å²) in [5.41, 5.74) is 1.36. The third-order valence-electron chi connectivity index (χ3n) is 3.50. The van der Waals surface area contributed by atoms with Crippen LogP contribution in [0.3, 0.4) is 0 Å². The van der Waals surface area contributed by atoms with Crippen LogP contribution in [0.25, 0.3) is 0 Å². The van der Waals surface area contributed by atoms with E-state index in [0.29, 0.717) is 6.04 Å². The zero-order valence-corrected chi connectivity index (χ0v) is 10.9. The molecule has 1 N–H and O–H groups in total. The van der Waals surface area contributed by atoms with Gasteiger partial charge in [0.15, 0.2) is 0 Å². The van der Waals surface area contributed by atoms with Crippen LogP contribution in [0, 0.1) is 5.92 Å². The van der Waals surface area contributed by atoms with Gasteiger partial charge in [0.1, 0.15) is 12.4 Å². The summed E-state index contributed by atoms with van der Waals surface area (Å²) in [6.45, 7) is 6.13. The first-order valence-corrected chi connectivity index (χ1v) is 6.74. The van der Waals surface area contributed by atoms with Crippen LogP contribution in [-0.2, 0) is 6.42 Å².